The van der Waals surface area contributed by atoms with Gasteiger partial charge in [-0.05, 0) is 54.0 Å². The molecule has 1 rings (SSSR count). The first-order valence-corrected chi connectivity index (χ1v) is 12.1. The molecule has 1 aromatic carbocycles. The summed E-state index contributed by atoms with van der Waals surface area (Å²) >= 11 is 0. The van der Waals surface area contributed by atoms with Crippen molar-refractivity contribution in [2.24, 2.45) is 0 Å². The Morgan fingerprint density at radius 2 is 1.52 bits per heavy atom. The van der Waals surface area contributed by atoms with Crippen LogP contribution in [0.5, 0.6) is 0 Å². The zero-order chi connectivity index (χ0) is 20.7. The highest BCUT2D eigenvalue weighted by molar-refractivity contribution is 7.85. The molecule has 1 N–H and O–H groups in total. The Hall–Kier alpha value is -0.560. The van der Waals surface area contributed by atoms with Crippen LogP contribution < -0.4 is 4.72 Å². The molecule has 6 nitrogen and oxygen atoms in total. The predicted octanol–water partition coefficient (Wildman–Crippen LogP) is 4.58. The molecule has 0 heterocycles. The van der Waals surface area contributed by atoms with Crippen molar-refractivity contribution < 1.29 is 22.8 Å². The highest BCUT2D eigenvalue weighted by Crippen LogP contribution is 2.66. The summed E-state index contributed by atoms with van der Waals surface area (Å²) in [5, 5.41) is -1.27. The van der Waals surface area contributed by atoms with E-state index < -0.39 is 34.4 Å². The summed E-state index contributed by atoms with van der Waals surface area (Å²) in [7, 11) is -5.17. The average Bonchev–Trinajstić information content (AvgIpc) is 2.61. The maximum Gasteiger partial charge on any atom is 0.281 e. The van der Waals surface area contributed by atoms with Gasteiger partial charge in [-0.2, -0.15) is 0 Å². The van der Waals surface area contributed by atoms with Crippen LogP contribution in [0.2, 0.25) is 0 Å². The van der Waals surface area contributed by atoms with Crippen LogP contribution >= 0.6 is 7.37 Å². The van der Waals surface area contributed by atoms with Gasteiger partial charge in [0.15, 0.2) is 0 Å². The Morgan fingerprint density at radius 1 is 1.00 bits per heavy atom. The van der Waals surface area contributed by atoms with E-state index in [-0.39, 0.29) is 6.61 Å². The van der Waals surface area contributed by atoms with Gasteiger partial charge in [-0.3, -0.25) is 4.57 Å². The second-order valence-corrected chi connectivity index (χ2v) is 11.9. The normalized spacial score (nSPS) is 18.1. The molecular weight excluding hydrogens is 385 g/mol. The zero-order valence-corrected chi connectivity index (χ0v) is 19.2. The maximum absolute atomic E-state index is 14.3. The van der Waals surface area contributed by atoms with Crippen molar-refractivity contribution in [1.82, 2.24) is 4.72 Å². The van der Waals surface area contributed by atoms with Crippen LogP contribution in [-0.4, -0.2) is 34.8 Å². The van der Waals surface area contributed by atoms with Crippen LogP contribution in [0.3, 0.4) is 0 Å². The van der Waals surface area contributed by atoms with Gasteiger partial charge < -0.3 is 14.0 Å². The molecule has 0 radical (unpaired) electrons. The van der Waals surface area contributed by atoms with E-state index in [9.17, 15) is 8.77 Å². The molecule has 3 atom stereocenters. The Bertz CT molecular complexity index is 643. The van der Waals surface area contributed by atoms with E-state index in [4.69, 9.17) is 14.0 Å². The summed E-state index contributed by atoms with van der Waals surface area (Å²) in [4.78, 5) is 0. The van der Waals surface area contributed by atoms with Crippen LogP contribution in [0.1, 0.15) is 54.0 Å². The lowest BCUT2D eigenvalue weighted by Gasteiger charge is -2.42. The van der Waals surface area contributed by atoms with Crippen LogP contribution in [0.25, 0.3) is 0 Å². The second kappa shape index (κ2) is 10.3. The van der Waals surface area contributed by atoms with Crippen molar-refractivity contribution >= 4 is 18.4 Å². The molecule has 0 amide bonds. The Morgan fingerprint density at radius 3 is 1.93 bits per heavy atom. The fourth-order valence-electron chi connectivity index (χ4n) is 2.52. The zero-order valence-electron chi connectivity index (χ0n) is 17.5. The smallest absolute Gasteiger partial charge is 0.281 e. The van der Waals surface area contributed by atoms with E-state index in [1.807, 2.05) is 65.0 Å². The highest BCUT2D eigenvalue weighted by Gasteiger charge is 2.55. The van der Waals surface area contributed by atoms with E-state index in [1.165, 1.54) is 0 Å². The fraction of sp³-hybridized carbons (Fsp3) is 0.684. The standard InChI is InChI=1S/C19H34NO5PS/c1-8-23-17(24-9-2)26(21,25-10-3)19(7,16-14-12-11-13-15-16)20-27(22)18(4,5)6/h11-15,17,20H,8-10H2,1-7H3/t19-,26+,27+/m1/s1. The Labute approximate surface area is 166 Å². The molecule has 156 valence electrons. The molecule has 1 aromatic rings. The largest absolute Gasteiger partial charge is 0.345 e. The van der Waals surface area contributed by atoms with Crippen molar-refractivity contribution in [3.63, 3.8) is 0 Å². The first kappa shape index (κ1) is 24.5. The van der Waals surface area contributed by atoms with Crippen molar-refractivity contribution in [2.45, 2.75) is 64.5 Å². The first-order chi connectivity index (χ1) is 12.6. The minimum atomic E-state index is -3.68. The van der Waals surface area contributed by atoms with Gasteiger partial charge in [0.1, 0.15) is 5.28 Å². The third-order valence-corrected chi connectivity index (χ3v) is 8.99. The molecule has 0 aromatic heterocycles. The maximum atomic E-state index is 14.3. The lowest BCUT2D eigenvalue weighted by molar-refractivity contribution is -0.0911. The summed E-state index contributed by atoms with van der Waals surface area (Å²) in [6.07, 6.45) is 0. The summed E-state index contributed by atoms with van der Waals surface area (Å²) in [6, 6.07) is 8.19. The van der Waals surface area contributed by atoms with Gasteiger partial charge in [0.25, 0.3) is 7.37 Å². The number of hydrogen-bond donors (Lipinski definition) is 1. The number of rotatable bonds is 11. The van der Waals surface area contributed by atoms with Gasteiger partial charge >= 0.3 is 0 Å². The SMILES string of the molecule is CCOC(OCC)[P@](=O)(OCC)[C@@](C)(N[S@@](=O)C(C)(C)C)c1ccccc1. The molecule has 8 heteroatoms. The second-order valence-electron chi connectivity index (χ2n) is 7.15. The van der Waals surface area contributed by atoms with Gasteiger partial charge in [-0.1, -0.05) is 30.3 Å². The molecule has 27 heavy (non-hydrogen) atoms. The van der Waals surface area contributed by atoms with E-state index in [2.05, 4.69) is 4.72 Å². The van der Waals surface area contributed by atoms with E-state index >= 15 is 0 Å². The van der Waals surface area contributed by atoms with Crippen LogP contribution in [0, 0.1) is 0 Å². The minimum Gasteiger partial charge on any atom is -0.345 e. The van der Waals surface area contributed by atoms with Crippen LogP contribution in [0.15, 0.2) is 30.3 Å². The molecule has 0 aliphatic carbocycles. The molecular formula is C19H34NO5PS. The Kier molecular flexibility index (Phi) is 9.32. The topological polar surface area (TPSA) is 73.9 Å². The molecule has 0 aliphatic heterocycles. The first-order valence-electron chi connectivity index (χ1n) is 9.29. The quantitative estimate of drug-likeness (QED) is 0.420. The van der Waals surface area contributed by atoms with Gasteiger partial charge in [0, 0.05) is 13.2 Å². The van der Waals surface area contributed by atoms with Crippen LogP contribution in [-0.2, 0) is 34.8 Å². The molecule has 0 saturated heterocycles. The molecule has 0 fully saturated rings. The minimum absolute atomic E-state index is 0.209. The summed E-state index contributed by atoms with van der Waals surface area (Å²) < 4.78 is 47.0. The lowest BCUT2D eigenvalue weighted by atomic mass is 10.1. The van der Waals surface area contributed by atoms with Gasteiger partial charge in [0.05, 0.1) is 22.3 Å². The van der Waals surface area contributed by atoms with Crippen molar-refractivity contribution in [3.05, 3.63) is 35.9 Å². The number of benzene rings is 1. The molecule has 0 unspecified atom stereocenters. The summed E-state index contributed by atoms with van der Waals surface area (Å²) in [6.45, 7) is 13.5. The highest BCUT2D eigenvalue weighted by atomic mass is 32.2. The van der Waals surface area contributed by atoms with Crippen molar-refractivity contribution in [3.8, 4) is 0 Å². The monoisotopic (exact) mass is 419 g/mol. The molecule has 0 aliphatic rings. The summed E-state index contributed by atoms with van der Waals surface area (Å²) in [5.74, 6) is 0. The Balaban J connectivity index is 3.60. The number of ether oxygens (including phenoxy) is 2. The predicted molar refractivity (Wildman–Crippen MR) is 111 cm³/mol. The third kappa shape index (κ3) is 5.72. The van der Waals surface area contributed by atoms with E-state index in [0.717, 1.165) is 0 Å². The fourth-order valence-corrected chi connectivity index (χ4v) is 6.45. The van der Waals surface area contributed by atoms with Gasteiger partial charge in [0.2, 0.25) is 6.03 Å². The average molecular weight is 420 g/mol. The van der Waals surface area contributed by atoms with Crippen molar-refractivity contribution in [2.75, 3.05) is 19.8 Å². The van der Waals surface area contributed by atoms with Crippen LogP contribution in [0.4, 0.5) is 0 Å². The summed E-state index contributed by atoms with van der Waals surface area (Å²) in [5.41, 5.74) is 0.698. The lowest BCUT2D eigenvalue weighted by Crippen LogP contribution is -2.48. The number of hydrogen-bond acceptors (Lipinski definition) is 5. The van der Waals surface area contributed by atoms with Gasteiger partial charge in [-0.15, -0.1) is 0 Å². The van der Waals surface area contributed by atoms with Gasteiger partial charge in [-0.25, -0.2) is 8.93 Å². The molecule has 0 spiro atoms. The molecule has 0 bridgehead atoms. The molecule has 0 saturated carbocycles. The third-order valence-electron chi connectivity index (χ3n) is 4.02. The van der Waals surface area contributed by atoms with E-state index in [1.54, 1.807) is 13.8 Å². The van der Waals surface area contributed by atoms with Crippen molar-refractivity contribution in [1.29, 1.82) is 0 Å². The number of nitrogens with one attached hydrogen (secondary N) is 1. The van der Waals surface area contributed by atoms with E-state index in [0.29, 0.717) is 18.8 Å².